The molecule has 11 heteroatoms. The van der Waals surface area contributed by atoms with Gasteiger partial charge in [-0.25, -0.2) is 9.69 Å². The molecule has 1 heterocycles. The van der Waals surface area contributed by atoms with Gasteiger partial charge >= 0.3 is 5.97 Å². The second kappa shape index (κ2) is 11.1. The SMILES string of the molecule is COC(=O)c1ccc(NC(=O)c2cccc(NC3=C(Cl)C(=O)N(c4cc(OC)ccc4OC)C3=O)c2)cc1. The quantitative estimate of drug-likeness (QED) is 0.325. The Kier molecular flexibility index (Phi) is 7.63. The molecule has 38 heavy (non-hydrogen) atoms. The van der Waals surface area contributed by atoms with Gasteiger partial charge in [-0.1, -0.05) is 17.7 Å². The van der Waals surface area contributed by atoms with Crippen LogP contribution in [0.3, 0.4) is 0 Å². The summed E-state index contributed by atoms with van der Waals surface area (Å²) in [5, 5.41) is 5.26. The number of nitrogens with one attached hydrogen (secondary N) is 2. The Labute approximate surface area is 222 Å². The fourth-order valence-corrected chi connectivity index (χ4v) is 3.91. The number of methoxy groups -OCH3 is 3. The van der Waals surface area contributed by atoms with E-state index in [4.69, 9.17) is 21.1 Å². The third-order valence-corrected chi connectivity index (χ3v) is 5.96. The van der Waals surface area contributed by atoms with Gasteiger partial charge in [-0.2, -0.15) is 0 Å². The fourth-order valence-electron chi connectivity index (χ4n) is 3.69. The maximum atomic E-state index is 13.2. The van der Waals surface area contributed by atoms with Crippen LogP contribution in [0.2, 0.25) is 0 Å². The zero-order valence-electron chi connectivity index (χ0n) is 20.5. The molecule has 0 saturated carbocycles. The molecule has 3 amide bonds. The molecule has 0 spiro atoms. The van der Waals surface area contributed by atoms with Crippen LogP contribution in [0.5, 0.6) is 11.5 Å². The highest BCUT2D eigenvalue weighted by molar-refractivity contribution is 6.53. The van der Waals surface area contributed by atoms with Gasteiger partial charge in [0.15, 0.2) is 0 Å². The molecule has 0 unspecified atom stereocenters. The molecule has 0 bridgehead atoms. The van der Waals surface area contributed by atoms with Gasteiger partial charge in [-0.3, -0.25) is 14.4 Å². The lowest BCUT2D eigenvalue weighted by Gasteiger charge is -2.19. The minimum absolute atomic E-state index is 0.155. The molecule has 4 rings (SSSR count). The predicted molar refractivity (Wildman–Crippen MR) is 141 cm³/mol. The van der Waals surface area contributed by atoms with Crippen LogP contribution >= 0.6 is 11.6 Å². The van der Waals surface area contributed by atoms with E-state index in [0.717, 1.165) is 4.90 Å². The van der Waals surface area contributed by atoms with Crippen molar-refractivity contribution < 1.29 is 33.4 Å². The van der Waals surface area contributed by atoms with Crippen molar-refractivity contribution in [2.24, 2.45) is 0 Å². The van der Waals surface area contributed by atoms with Crippen LogP contribution in [0, 0.1) is 0 Å². The number of amides is 3. The van der Waals surface area contributed by atoms with Gasteiger partial charge in [0.1, 0.15) is 22.2 Å². The Morgan fingerprint density at radius 2 is 1.55 bits per heavy atom. The van der Waals surface area contributed by atoms with E-state index >= 15 is 0 Å². The molecule has 2 N–H and O–H groups in total. The number of hydrogen-bond donors (Lipinski definition) is 2. The Morgan fingerprint density at radius 3 is 2.21 bits per heavy atom. The van der Waals surface area contributed by atoms with Crippen molar-refractivity contribution in [3.05, 3.63) is 88.6 Å². The first-order chi connectivity index (χ1) is 18.3. The van der Waals surface area contributed by atoms with Gasteiger partial charge in [-0.05, 0) is 54.6 Å². The van der Waals surface area contributed by atoms with Crippen LogP contribution < -0.4 is 25.0 Å². The number of carbonyl (C=O) groups excluding carboxylic acids is 4. The number of anilines is 3. The first kappa shape index (κ1) is 26.2. The van der Waals surface area contributed by atoms with Crippen LogP contribution in [0.15, 0.2) is 77.5 Å². The smallest absolute Gasteiger partial charge is 0.337 e. The first-order valence-electron chi connectivity index (χ1n) is 11.1. The summed E-state index contributed by atoms with van der Waals surface area (Å²) in [5.41, 5.74) is 1.45. The maximum Gasteiger partial charge on any atom is 0.337 e. The predicted octanol–water partition coefficient (Wildman–Crippen LogP) is 4.18. The number of ether oxygens (including phenoxy) is 3. The van der Waals surface area contributed by atoms with E-state index in [1.165, 1.54) is 45.6 Å². The number of carbonyl (C=O) groups is 4. The number of rotatable bonds is 8. The summed E-state index contributed by atoms with van der Waals surface area (Å²) in [4.78, 5) is 51.5. The van der Waals surface area contributed by atoms with E-state index in [0.29, 0.717) is 22.7 Å². The van der Waals surface area contributed by atoms with Crippen LogP contribution in [0.1, 0.15) is 20.7 Å². The van der Waals surface area contributed by atoms with Crippen LogP contribution in [-0.2, 0) is 14.3 Å². The van der Waals surface area contributed by atoms with Crippen molar-refractivity contribution >= 4 is 52.4 Å². The highest BCUT2D eigenvalue weighted by Gasteiger charge is 2.40. The first-order valence-corrected chi connectivity index (χ1v) is 11.5. The number of esters is 1. The molecule has 3 aromatic rings. The molecule has 0 atom stereocenters. The zero-order chi connectivity index (χ0) is 27.4. The van der Waals surface area contributed by atoms with Gasteiger partial charge in [0, 0.05) is 23.0 Å². The van der Waals surface area contributed by atoms with E-state index in [1.54, 1.807) is 42.5 Å². The standard InChI is InChI=1S/C27H22ClN3O7/c1-36-19-11-12-21(37-2)20(14-19)31-25(33)22(28)23(26(31)34)29-18-6-4-5-16(13-18)24(32)30-17-9-7-15(8-10-17)27(35)38-3/h4-14,29H,1-3H3,(H,30,32). The van der Waals surface area contributed by atoms with Crippen molar-refractivity contribution in [1.29, 1.82) is 0 Å². The van der Waals surface area contributed by atoms with E-state index in [2.05, 4.69) is 15.4 Å². The highest BCUT2D eigenvalue weighted by atomic mass is 35.5. The van der Waals surface area contributed by atoms with Crippen molar-refractivity contribution in [1.82, 2.24) is 0 Å². The highest BCUT2D eigenvalue weighted by Crippen LogP contribution is 2.38. The summed E-state index contributed by atoms with van der Waals surface area (Å²) in [5.74, 6) is -1.68. The lowest BCUT2D eigenvalue weighted by molar-refractivity contribution is -0.120. The third-order valence-electron chi connectivity index (χ3n) is 5.61. The number of imide groups is 1. The van der Waals surface area contributed by atoms with Gasteiger partial charge in [0.05, 0.1) is 32.6 Å². The Morgan fingerprint density at radius 1 is 0.816 bits per heavy atom. The molecular formula is C27H22ClN3O7. The molecule has 10 nitrogen and oxygen atoms in total. The van der Waals surface area contributed by atoms with Crippen molar-refractivity contribution in [2.75, 3.05) is 36.9 Å². The average Bonchev–Trinajstić information content (AvgIpc) is 3.15. The number of halogens is 1. The maximum absolute atomic E-state index is 13.2. The molecular weight excluding hydrogens is 514 g/mol. The molecule has 1 aliphatic rings. The molecule has 1 aliphatic heterocycles. The molecule has 0 saturated heterocycles. The lowest BCUT2D eigenvalue weighted by Crippen LogP contribution is -2.32. The van der Waals surface area contributed by atoms with E-state index in [1.807, 2.05) is 0 Å². The Bertz CT molecular complexity index is 1470. The largest absolute Gasteiger partial charge is 0.497 e. The normalized spacial score (nSPS) is 12.9. The van der Waals surface area contributed by atoms with Gasteiger partial charge in [0.2, 0.25) is 0 Å². The second-order valence-electron chi connectivity index (χ2n) is 7.90. The summed E-state index contributed by atoms with van der Waals surface area (Å²) in [6, 6.07) is 17.2. The summed E-state index contributed by atoms with van der Waals surface area (Å²) < 4.78 is 15.2. The van der Waals surface area contributed by atoms with Crippen molar-refractivity contribution in [3.63, 3.8) is 0 Å². The van der Waals surface area contributed by atoms with Gasteiger partial charge in [0.25, 0.3) is 17.7 Å². The monoisotopic (exact) mass is 535 g/mol. The van der Waals surface area contributed by atoms with Gasteiger partial charge < -0.3 is 24.8 Å². The van der Waals surface area contributed by atoms with Gasteiger partial charge in [-0.15, -0.1) is 0 Å². The second-order valence-corrected chi connectivity index (χ2v) is 8.28. The summed E-state index contributed by atoms with van der Waals surface area (Å²) in [6.45, 7) is 0. The number of nitrogens with zero attached hydrogens (tertiary/aromatic N) is 1. The lowest BCUT2D eigenvalue weighted by atomic mass is 10.1. The summed E-state index contributed by atoms with van der Waals surface area (Å²) in [6.07, 6.45) is 0. The van der Waals surface area contributed by atoms with Crippen LogP contribution in [-0.4, -0.2) is 45.0 Å². The van der Waals surface area contributed by atoms with E-state index in [-0.39, 0.29) is 27.7 Å². The molecule has 0 fully saturated rings. The summed E-state index contributed by atoms with van der Waals surface area (Å²) >= 11 is 6.26. The van der Waals surface area contributed by atoms with Crippen molar-refractivity contribution in [2.45, 2.75) is 0 Å². The average molecular weight is 536 g/mol. The van der Waals surface area contributed by atoms with E-state index < -0.39 is 23.7 Å². The molecule has 3 aromatic carbocycles. The molecule has 194 valence electrons. The third kappa shape index (κ3) is 5.16. The Balaban J connectivity index is 1.53. The topological polar surface area (TPSA) is 123 Å². The fraction of sp³-hybridized carbons (Fsp3) is 0.111. The summed E-state index contributed by atoms with van der Waals surface area (Å²) in [7, 11) is 4.15. The van der Waals surface area contributed by atoms with Crippen molar-refractivity contribution in [3.8, 4) is 11.5 Å². The Hall–Kier alpha value is -4.83. The molecule has 0 aromatic heterocycles. The zero-order valence-corrected chi connectivity index (χ0v) is 21.3. The van der Waals surface area contributed by atoms with Crippen LogP contribution in [0.25, 0.3) is 0 Å². The minimum Gasteiger partial charge on any atom is -0.497 e. The van der Waals surface area contributed by atoms with E-state index in [9.17, 15) is 19.2 Å². The minimum atomic E-state index is -0.741. The van der Waals surface area contributed by atoms with Crippen LogP contribution in [0.4, 0.5) is 17.1 Å². The number of benzene rings is 3. The molecule has 0 aliphatic carbocycles. The molecule has 0 radical (unpaired) electrons. The number of hydrogen-bond acceptors (Lipinski definition) is 8.